The second-order valence-corrected chi connectivity index (χ2v) is 8.76. The molecule has 6 heteroatoms. The van der Waals surface area contributed by atoms with E-state index >= 15 is 0 Å². The van der Waals surface area contributed by atoms with E-state index in [9.17, 15) is 14.9 Å². The zero-order valence-electron chi connectivity index (χ0n) is 17.2. The highest BCUT2D eigenvalue weighted by Crippen LogP contribution is 2.36. The normalized spacial score (nSPS) is 15.5. The number of fused-ring (bicyclic) bond motifs is 1. The van der Waals surface area contributed by atoms with Crippen molar-refractivity contribution in [2.45, 2.75) is 51.9 Å². The Balaban J connectivity index is 1.62. The van der Waals surface area contributed by atoms with Gasteiger partial charge in [-0.25, -0.2) is 0 Å². The molecule has 0 radical (unpaired) electrons. The minimum absolute atomic E-state index is 0.0321. The average molecular weight is 423 g/mol. The first-order chi connectivity index (χ1) is 14.6. The molecule has 156 valence electrons. The van der Waals surface area contributed by atoms with Gasteiger partial charge >= 0.3 is 5.97 Å². The summed E-state index contributed by atoms with van der Waals surface area (Å²) >= 11 is 1.56. The van der Waals surface area contributed by atoms with E-state index in [1.807, 2.05) is 12.1 Å². The number of thiophene rings is 1. The monoisotopic (exact) mass is 422 g/mol. The quantitative estimate of drug-likeness (QED) is 0.433. The molecule has 0 spiro atoms. The average Bonchev–Trinajstić information content (AvgIpc) is 3.11. The number of pyridine rings is 1. The predicted octanol–water partition coefficient (Wildman–Crippen LogP) is 4.68. The van der Waals surface area contributed by atoms with Crippen LogP contribution in [0.3, 0.4) is 0 Å². The molecule has 0 amide bonds. The van der Waals surface area contributed by atoms with E-state index < -0.39 is 0 Å². The molecule has 0 fully saturated rings. The van der Waals surface area contributed by atoms with Crippen molar-refractivity contribution in [3.63, 3.8) is 0 Å². The number of allylic oxidation sites excluding steroid dienone is 1. The van der Waals surface area contributed by atoms with Gasteiger partial charge in [0.15, 0.2) is 5.78 Å². The van der Waals surface area contributed by atoms with E-state index in [-0.39, 0.29) is 24.1 Å². The zero-order valence-corrected chi connectivity index (χ0v) is 18.0. The van der Waals surface area contributed by atoms with Gasteiger partial charge in [0, 0.05) is 35.0 Å². The highest BCUT2D eigenvalue weighted by Gasteiger charge is 2.27. The van der Waals surface area contributed by atoms with E-state index in [0.717, 1.165) is 53.0 Å². The molecule has 2 heterocycles. The van der Waals surface area contributed by atoms with E-state index in [0.29, 0.717) is 18.6 Å². The van der Waals surface area contributed by atoms with Crippen molar-refractivity contribution in [2.75, 3.05) is 6.61 Å². The Bertz CT molecular complexity index is 957. The van der Waals surface area contributed by atoms with Crippen molar-refractivity contribution < 1.29 is 14.3 Å². The SMILES string of the molecule is CCCCC(=O)OCC1CCc2c(sc(CC(=O)/C=C/c3cccnc3)c2C#N)C1. The molecule has 30 heavy (non-hydrogen) atoms. The Morgan fingerprint density at radius 3 is 3.03 bits per heavy atom. The van der Waals surface area contributed by atoms with Gasteiger partial charge in [-0.15, -0.1) is 11.3 Å². The van der Waals surface area contributed by atoms with Gasteiger partial charge in [0.05, 0.1) is 12.2 Å². The first-order valence-electron chi connectivity index (χ1n) is 10.4. The maximum absolute atomic E-state index is 12.4. The number of nitriles is 1. The number of carbonyl (C=O) groups excluding carboxylic acids is 2. The third-order valence-electron chi connectivity index (χ3n) is 5.25. The maximum atomic E-state index is 12.4. The van der Waals surface area contributed by atoms with Crippen LogP contribution < -0.4 is 0 Å². The van der Waals surface area contributed by atoms with Crippen LogP contribution >= 0.6 is 11.3 Å². The number of ether oxygens (including phenoxy) is 1. The lowest BCUT2D eigenvalue weighted by atomic mass is 9.87. The molecule has 0 bridgehead atoms. The summed E-state index contributed by atoms with van der Waals surface area (Å²) in [5.74, 6) is 0.121. The van der Waals surface area contributed by atoms with Gasteiger partial charge in [0.25, 0.3) is 0 Å². The van der Waals surface area contributed by atoms with Gasteiger partial charge in [0.2, 0.25) is 0 Å². The Kier molecular flexibility index (Phi) is 7.92. The summed E-state index contributed by atoms with van der Waals surface area (Å²) in [4.78, 5) is 30.2. The standard InChI is InChI=1S/C24H26N2O3S/c1-2-3-6-24(28)29-16-18-8-10-20-21(14-25)23(30-22(20)12-18)13-19(27)9-7-17-5-4-11-26-15-17/h4-5,7,9,11,15,18H,2-3,6,8,10,12-13,16H2,1H3/b9-7+. The van der Waals surface area contributed by atoms with Crippen LogP contribution in [0.25, 0.3) is 6.08 Å². The number of esters is 1. The van der Waals surface area contributed by atoms with E-state index in [1.165, 1.54) is 0 Å². The molecule has 0 aliphatic heterocycles. The zero-order chi connectivity index (χ0) is 21.3. The summed E-state index contributed by atoms with van der Waals surface area (Å²) < 4.78 is 5.43. The van der Waals surface area contributed by atoms with Crippen molar-refractivity contribution in [2.24, 2.45) is 5.92 Å². The molecular weight excluding hydrogens is 396 g/mol. The minimum Gasteiger partial charge on any atom is -0.465 e. The van der Waals surface area contributed by atoms with Crippen molar-refractivity contribution >= 4 is 29.2 Å². The summed E-state index contributed by atoms with van der Waals surface area (Å²) in [6.45, 7) is 2.49. The first kappa shape index (κ1) is 21.9. The maximum Gasteiger partial charge on any atom is 0.305 e. The molecule has 5 nitrogen and oxygen atoms in total. The van der Waals surface area contributed by atoms with Gasteiger partial charge in [-0.3, -0.25) is 14.6 Å². The molecule has 3 rings (SSSR count). The fourth-order valence-corrected chi connectivity index (χ4v) is 5.02. The molecular formula is C24H26N2O3S. The fraction of sp³-hybridized carbons (Fsp3) is 0.417. The lowest BCUT2D eigenvalue weighted by molar-refractivity contribution is -0.145. The highest BCUT2D eigenvalue weighted by molar-refractivity contribution is 7.12. The Hall–Kier alpha value is -2.78. The number of hydrogen-bond acceptors (Lipinski definition) is 6. The topological polar surface area (TPSA) is 80.1 Å². The number of nitrogens with zero attached hydrogens (tertiary/aromatic N) is 2. The largest absolute Gasteiger partial charge is 0.465 e. The number of aromatic nitrogens is 1. The minimum atomic E-state index is -0.127. The molecule has 2 aromatic heterocycles. The number of hydrogen-bond donors (Lipinski definition) is 0. The summed E-state index contributed by atoms with van der Waals surface area (Å²) in [6, 6.07) is 6.02. The van der Waals surface area contributed by atoms with Crippen LogP contribution in [0.4, 0.5) is 0 Å². The molecule has 2 aromatic rings. The number of rotatable bonds is 9. The van der Waals surface area contributed by atoms with Crippen LogP contribution in [0.15, 0.2) is 30.6 Å². The fourth-order valence-electron chi connectivity index (χ4n) is 3.59. The summed E-state index contributed by atoms with van der Waals surface area (Å²) in [5, 5.41) is 9.66. The lowest BCUT2D eigenvalue weighted by Crippen LogP contribution is -2.20. The lowest BCUT2D eigenvalue weighted by Gasteiger charge is -2.21. The van der Waals surface area contributed by atoms with Crippen molar-refractivity contribution in [1.29, 1.82) is 5.26 Å². The van der Waals surface area contributed by atoms with Gasteiger partial charge in [-0.1, -0.05) is 19.4 Å². The van der Waals surface area contributed by atoms with Crippen LogP contribution in [0.1, 0.15) is 59.1 Å². The molecule has 0 N–H and O–H groups in total. The summed E-state index contributed by atoms with van der Waals surface area (Å²) in [7, 11) is 0. The van der Waals surface area contributed by atoms with Crippen molar-refractivity contribution in [1.82, 2.24) is 4.98 Å². The van der Waals surface area contributed by atoms with Crippen molar-refractivity contribution in [3.05, 3.63) is 57.0 Å². The highest BCUT2D eigenvalue weighted by atomic mass is 32.1. The number of ketones is 1. The Morgan fingerprint density at radius 1 is 1.43 bits per heavy atom. The van der Waals surface area contributed by atoms with Gasteiger partial charge in [0.1, 0.15) is 6.07 Å². The molecule has 1 unspecified atom stereocenters. The van der Waals surface area contributed by atoms with E-state index in [2.05, 4.69) is 18.0 Å². The third kappa shape index (κ3) is 5.87. The smallest absolute Gasteiger partial charge is 0.305 e. The third-order valence-corrected chi connectivity index (χ3v) is 6.50. The van der Waals surface area contributed by atoms with Crippen molar-refractivity contribution in [3.8, 4) is 6.07 Å². The first-order valence-corrected chi connectivity index (χ1v) is 11.2. The second-order valence-electron chi connectivity index (χ2n) is 7.57. The molecule has 0 saturated carbocycles. The van der Waals surface area contributed by atoms with Gasteiger partial charge in [-0.2, -0.15) is 5.26 Å². The van der Waals surface area contributed by atoms with E-state index in [1.54, 1.807) is 35.9 Å². The summed E-state index contributed by atoms with van der Waals surface area (Å²) in [5.41, 5.74) is 2.61. The Morgan fingerprint density at radius 2 is 2.30 bits per heavy atom. The van der Waals surface area contributed by atoms with Crippen LogP contribution in [0, 0.1) is 17.2 Å². The van der Waals surface area contributed by atoms with Gasteiger partial charge < -0.3 is 4.74 Å². The van der Waals surface area contributed by atoms with Gasteiger partial charge in [-0.05, 0) is 60.9 Å². The summed E-state index contributed by atoms with van der Waals surface area (Å²) in [6.07, 6.45) is 11.7. The van der Waals surface area contributed by atoms with Crippen LogP contribution in [-0.4, -0.2) is 23.3 Å². The molecule has 0 aromatic carbocycles. The molecule has 1 atom stereocenters. The molecule has 1 aliphatic carbocycles. The second kappa shape index (κ2) is 10.8. The Labute approximate surface area is 181 Å². The number of unbranched alkanes of at least 4 members (excludes halogenated alkanes) is 1. The van der Waals surface area contributed by atoms with E-state index in [4.69, 9.17) is 4.74 Å². The number of carbonyl (C=O) groups is 2. The molecule has 1 aliphatic rings. The van der Waals surface area contributed by atoms with Crippen LogP contribution in [0.5, 0.6) is 0 Å². The predicted molar refractivity (Wildman–Crippen MR) is 117 cm³/mol. The molecule has 0 saturated heterocycles. The van der Waals surface area contributed by atoms with Crippen LogP contribution in [0.2, 0.25) is 0 Å². The van der Waals surface area contributed by atoms with Crippen LogP contribution in [-0.2, 0) is 33.6 Å².